The van der Waals surface area contributed by atoms with Gasteiger partial charge in [0.15, 0.2) is 0 Å². The van der Waals surface area contributed by atoms with Gasteiger partial charge < -0.3 is 5.11 Å². The Bertz CT molecular complexity index is 546. The molecule has 0 radical (unpaired) electrons. The van der Waals surface area contributed by atoms with E-state index in [1.165, 1.54) is 50.5 Å². The first kappa shape index (κ1) is 15.9. The Morgan fingerprint density at radius 3 is 2.61 bits per heavy atom. The third kappa shape index (κ3) is 2.15. The zero-order valence-corrected chi connectivity index (χ0v) is 15.3. The van der Waals surface area contributed by atoms with E-state index in [0.717, 1.165) is 30.1 Å². The van der Waals surface area contributed by atoms with Crippen LogP contribution in [-0.4, -0.2) is 11.2 Å². The molecule has 3 saturated carbocycles. The van der Waals surface area contributed by atoms with E-state index in [4.69, 9.17) is 0 Å². The molecule has 4 rings (SSSR count). The minimum Gasteiger partial charge on any atom is -0.389 e. The Kier molecular flexibility index (Phi) is 3.61. The zero-order valence-electron chi connectivity index (χ0n) is 15.3. The van der Waals surface area contributed by atoms with E-state index in [2.05, 4.69) is 33.4 Å². The van der Waals surface area contributed by atoms with E-state index in [-0.39, 0.29) is 6.10 Å². The fourth-order valence-corrected chi connectivity index (χ4v) is 7.52. The largest absolute Gasteiger partial charge is 0.389 e. The van der Waals surface area contributed by atoms with Crippen molar-refractivity contribution >= 4 is 0 Å². The minimum atomic E-state index is -0.178. The van der Waals surface area contributed by atoms with Crippen molar-refractivity contribution in [3.05, 3.63) is 23.8 Å². The number of hydrogen-bond donors (Lipinski definition) is 1. The molecule has 7 unspecified atom stereocenters. The van der Waals surface area contributed by atoms with Crippen LogP contribution >= 0.6 is 0 Å². The van der Waals surface area contributed by atoms with Crippen LogP contribution in [0.4, 0.5) is 0 Å². The van der Waals surface area contributed by atoms with Crippen molar-refractivity contribution in [2.75, 3.05) is 0 Å². The van der Waals surface area contributed by atoms with Crippen molar-refractivity contribution in [1.82, 2.24) is 0 Å². The summed E-state index contributed by atoms with van der Waals surface area (Å²) < 4.78 is 0. The van der Waals surface area contributed by atoms with Crippen molar-refractivity contribution in [3.8, 4) is 0 Å². The van der Waals surface area contributed by atoms with Crippen LogP contribution in [0.25, 0.3) is 0 Å². The fourth-order valence-electron chi connectivity index (χ4n) is 7.52. The molecule has 1 N–H and O–H groups in total. The van der Waals surface area contributed by atoms with Crippen molar-refractivity contribution in [1.29, 1.82) is 0 Å². The first-order valence-corrected chi connectivity index (χ1v) is 9.91. The highest BCUT2D eigenvalue weighted by atomic mass is 16.3. The Morgan fingerprint density at radius 2 is 1.87 bits per heavy atom. The first-order chi connectivity index (χ1) is 10.9. The van der Waals surface area contributed by atoms with Gasteiger partial charge in [-0.15, -0.1) is 0 Å². The quantitative estimate of drug-likeness (QED) is 0.633. The van der Waals surface area contributed by atoms with Gasteiger partial charge in [-0.3, -0.25) is 0 Å². The van der Waals surface area contributed by atoms with Crippen molar-refractivity contribution < 1.29 is 5.11 Å². The van der Waals surface area contributed by atoms with Gasteiger partial charge in [-0.05, 0) is 92.8 Å². The van der Waals surface area contributed by atoms with Crippen LogP contribution < -0.4 is 0 Å². The number of hydrogen-bond acceptors (Lipinski definition) is 1. The molecule has 3 fully saturated rings. The van der Waals surface area contributed by atoms with E-state index in [0.29, 0.717) is 10.8 Å². The van der Waals surface area contributed by atoms with E-state index in [1.807, 2.05) is 0 Å². The molecule has 0 spiro atoms. The monoisotopic (exact) mass is 314 g/mol. The maximum Gasteiger partial charge on any atom is 0.0724 e. The van der Waals surface area contributed by atoms with E-state index >= 15 is 0 Å². The van der Waals surface area contributed by atoms with Crippen molar-refractivity contribution in [2.24, 2.45) is 34.5 Å². The SMILES string of the molecule is C=C(C)C1CCC2C3CCC4=CC(O)CCC4(C)C3CCC12C. The molecule has 0 amide bonds. The molecule has 0 saturated heterocycles. The second-order valence-electron chi connectivity index (χ2n) is 9.65. The predicted octanol–water partition coefficient (Wildman–Crippen LogP) is 5.50. The first-order valence-electron chi connectivity index (χ1n) is 9.91. The van der Waals surface area contributed by atoms with Crippen LogP contribution in [0.3, 0.4) is 0 Å². The molecular weight excluding hydrogens is 280 g/mol. The lowest BCUT2D eigenvalue weighted by molar-refractivity contribution is -0.0507. The van der Waals surface area contributed by atoms with Gasteiger partial charge in [0, 0.05) is 0 Å². The lowest BCUT2D eigenvalue weighted by Crippen LogP contribution is -2.50. The highest BCUT2D eigenvalue weighted by Gasteiger charge is 2.58. The molecule has 128 valence electrons. The standard InChI is InChI=1S/C22H34O/c1-14(2)18-7-8-19-17-6-5-15-13-16(23)9-11-21(15,3)20(17)10-12-22(18,19)4/h13,16-20,23H,1,5-12H2,2-4H3. The molecule has 7 atom stereocenters. The van der Waals surface area contributed by atoms with Gasteiger partial charge in [-0.2, -0.15) is 0 Å². The molecule has 4 aliphatic rings. The number of aliphatic hydroxyl groups excluding tert-OH is 1. The maximum absolute atomic E-state index is 10.1. The van der Waals surface area contributed by atoms with E-state index < -0.39 is 0 Å². The normalized spacial score (nSPS) is 52.2. The van der Waals surface area contributed by atoms with Gasteiger partial charge >= 0.3 is 0 Å². The molecule has 0 aromatic carbocycles. The Labute approximate surface area is 142 Å². The highest BCUT2D eigenvalue weighted by Crippen LogP contribution is 2.67. The number of fused-ring (bicyclic) bond motifs is 5. The minimum absolute atomic E-state index is 0.178. The molecule has 0 aromatic rings. The third-order valence-electron chi connectivity index (χ3n) is 8.68. The summed E-state index contributed by atoms with van der Waals surface area (Å²) in [7, 11) is 0. The maximum atomic E-state index is 10.1. The Hall–Kier alpha value is -0.560. The van der Waals surface area contributed by atoms with Gasteiger partial charge in [0.2, 0.25) is 0 Å². The zero-order chi connectivity index (χ0) is 16.4. The fraction of sp³-hybridized carbons (Fsp3) is 0.818. The average Bonchev–Trinajstić information content (AvgIpc) is 2.85. The lowest BCUT2D eigenvalue weighted by Gasteiger charge is -2.58. The summed E-state index contributed by atoms with van der Waals surface area (Å²) in [6, 6.07) is 0. The van der Waals surface area contributed by atoms with Gasteiger partial charge in [0.05, 0.1) is 6.10 Å². The van der Waals surface area contributed by atoms with Crippen LogP contribution in [0.1, 0.15) is 72.1 Å². The second-order valence-corrected chi connectivity index (χ2v) is 9.65. The van der Waals surface area contributed by atoms with Gasteiger partial charge in [0.1, 0.15) is 0 Å². The molecule has 0 heterocycles. The summed E-state index contributed by atoms with van der Waals surface area (Å²) in [6.45, 7) is 11.7. The summed E-state index contributed by atoms with van der Waals surface area (Å²) in [5.74, 6) is 3.44. The lowest BCUT2D eigenvalue weighted by atomic mass is 9.46. The predicted molar refractivity (Wildman–Crippen MR) is 96.0 cm³/mol. The molecule has 0 aromatic heterocycles. The van der Waals surface area contributed by atoms with Crippen molar-refractivity contribution in [2.45, 2.75) is 78.2 Å². The number of aliphatic hydroxyl groups is 1. The molecule has 4 aliphatic carbocycles. The molecular formula is C22H34O. The van der Waals surface area contributed by atoms with Crippen LogP contribution in [0.5, 0.6) is 0 Å². The number of rotatable bonds is 1. The van der Waals surface area contributed by atoms with Gasteiger partial charge in [0.25, 0.3) is 0 Å². The molecule has 0 bridgehead atoms. The summed E-state index contributed by atoms with van der Waals surface area (Å²) in [5, 5.41) is 10.1. The molecule has 0 aliphatic heterocycles. The Balaban J connectivity index is 1.66. The Morgan fingerprint density at radius 1 is 1.09 bits per heavy atom. The van der Waals surface area contributed by atoms with E-state index in [9.17, 15) is 5.11 Å². The average molecular weight is 315 g/mol. The molecule has 1 nitrogen and oxygen atoms in total. The summed E-state index contributed by atoms with van der Waals surface area (Å²) in [4.78, 5) is 0. The third-order valence-corrected chi connectivity index (χ3v) is 8.68. The number of allylic oxidation sites excluding steroid dienone is 2. The highest BCUT2D eigenvalue weighted by molar-refractivity contribution is 5.26. The van der Waals surface area contributed by atoms with Gasteiger partial charge in [-0.25, -0.2) is 0 Å². The van der Waals surface area contributed by atoms with Gasteiger partial charge in [-0.1, -0.05) is 37.6 Å². The summed E-state index contributed by atoms with van der Waals surface area (Å²) in [6.07, 6.45) is 12.4. The smallest absolute Gasteiger partial charge is 0.0724 e. The summed E-state index contributed by atoms with van der Waals surface area (Å²) in [5.41, 5.74) is 3.91. The van der Waals surface area contributed by atoms with Crippen LogP contribution in [0.2, 0.25) is 0 Å². The topological polar surface area (TPSA) is 20.2 Å². The van der Waals surface area contributed by atoms with Crippen LogP contribution in [-0.2, 0) is 0 Å². The second kappa shape index (κ2) is 5.22. The van der Waals surface area contributed by atoms with Crippen LogP contribution in [0.15, 0.2) is 23.8 Å². The summed E-state index contributed by atoms with van der Waals surface area (Å²) >= 11 is 0. The van der Waals surface area contributed by atoms with E-state index in [1.54, 1.807) is 5.57 Å². The molecule has 23 heavy (non-hydrogen) atoms. The van der Waals surface area contributed by atoms with Crippen LogP contribution in [0, 0.1) is 34.5 Å². The molecule has 1 heteroatoms. The van der Waals surface area contributed by atoms with Crippen molar-refractivity contribution in [3.63, 3.8) is 0 Å².